The Morgan fingerprint density at radius 2 is 1.55 bits per heavy atom. The topological polar surface area (TPSA) is 38.7 Å². The zero-order chi connectivity index (χ0) is 22.4. The van der Waals surface area contributed by atoms with Gasteiger partial charge in [-0.3, -0.25) is 0 Å². The lowest BCUT2D eigenvalue weighted by atomic mass is 10.0. The molecule has 0 radical (unpaired) electrons. The van der Waals surface area contributed by atoms with Gasteiger partial charge in [-0.25, -0.2) is 8.78 Å². The van der Waals surface area contributed by atoms with Crippen molar-refractivity contribution in [2.24, 2.45) is 0 Å². The Labute approximate surface area is 180 Å². The summed E-state index contributed by atoms with van der Waals surface area (Å²) in [7, 11) is 0. The predicted molar refractivity (Wildman–Crippen MR) is 114 cm³/mol. The van der Waals surface area contributed by atoms with E-state index in [-0.39, 0.29) is 30.3 Å². The predicted octanol–water partition coefficient (Wildman–Crippen LogP) is 6.58. The van der Waals surface area contributed by atoms with Crippen molar-refractivity contribution in [3.63, 3.8) is 0 Å². The average Bonchev–Trinajstić information content (AvgIpc) is 2.77. The minimum Gasteiger partial charge on any atom is -0.491 e. The van der Waals surface area contributed by atoms with Crippen LogP contribution >= 0.6 is 0 Å². The first-order valence-corrected chi connectivity index (χ1v) is 10.2. The maximum Gasteiger partial charge on any atom is 0.201 e. The van der Waals surface area contributed by atoms with Crippen LogP contribution in [0, 0.1) is 17.5 Å². The first-order valence-electron chi connectivity index (χ1n) is 10.2. The van der Waals surface area contributed by atoms with Gasteiger partial charge in [0.15, 0.2) is 23.1 Å². The number of aliphatic hydroxyl groups is 1. The van der Waals surface area contributed by atoms with Gasteiger partial charge in [-0.05, 0) is 54.3 Å². The molecule has 0 amide bonds. The summed E-state index contributed by atoms with van der Waals surface area (Å²) in [6, 6.07) is 14.0. The third kappa shape index (κ3) is 5.39. The molecule has 3 aromatic carbocycles. The van der Waals surface area contributed by atoms with Gasteiger partial charge in [0.25, 0.3) is 0 Å². The van der Waals surface area contributed by atoms with Gasteiger partial charge in [0.2, 0.25) is 5.82 Å². The Morgan fingerprint density at radius 3 is 2.19 bits per heavy atom. The van der Waals surface area contributed by atoms with E-state index in [1.165, 1.54) is 24.3 Å². The van der Waals surface area contributed by atoms with E-state index >= 15 is 0 Å². The minimum atomic E-state index is -1.02. The van der Waals surface area contributed by atoms with Crippen molar-refractivity contribution in [1.29, 1.82) is 0 Å². The molecule has 6 heteroatoms. The fourth-order valence-corrected chi connectivity index (χ4v) is 3.24. The molecule has 3 nitrogen and oxygen atoms in total. The molecule has 0 aliphatic heterocycles. The van der Waals surface area contributed by atoms with Gasteiger partial charge in [0.05, 0.1) is 12.7 Å². The summed E-state index contributed by atoms with van der Waals surface area (Å²) in [5, 5.41) is 9.98. The molecule has 0 aliphatic rings. The van der Waals surface area contributed by atoms with Crippen LogP contribution in [0.5, 0.6) is 11.5 Å². The number of hydrogen-bond acceptors (Lipinski definition) is 3. The first kappa shape index (κ1) is 22.7. The van der Waals surface area contributed by atoms with E-state index < -0.39 is 23.6 Å². The third-order valence-electron chi connectivity index (χ3n) is 4.91. The van der Waals surface area contributed by atoms with Crippen molar-refractivity contribution < 1.29 is 27.8 Å². The molecule has 0 aliphatic carbocycles. The molecular weight excluding hydrogens is 405 g/mol. The van der Waals surface area contributed by atoms with Crippen LogP contribution in [0.1, 0.15) is 43.9 Å². The number of ether oxygens (including phenoxy) is 2. The fourth-order valence-electron chi connectivity index (χ4n) is 3.24. The number of benzene rings is 3. The number of rotatable bonds is 9. The van der Waals surface area contributed by atoms with Crippen LogP contribution in [0.4, 0.5) is 13.2 Å². The molecule has 0 heterocycles. The van der Waals surface area contributed by atoms with Crippen LogP contribution in [-0.2, 0) is 6.61 Å². The fraction of sp³-hybridized carbons (Fsp3) is 0.280. The summed E-state index contributed by atoms with van der Waals surface area (Å²) < 4.78 is 53.4. The normalized spacial score (nSPS) is 11.9. The summed E-state index contributed by atoms with van der Waals surface area (Å²) in [5.74, 6) is -2.58. The molecule has 1 atom stereocenters. The molecule has 164 valence electrons. The Kier molecular flexibility index (Phi) is 7.58. The molecule has 0 bridgehead atoms. The van der Waals surface area contributed by atoms with Crippen molar-refractivity contribution in [2.45, 2.75) is 39.4 Å². The lowest BCUT2D eigenvalue weighted by Gasteiger charge is -2.13. The van der Waals surface area contributed by atoms with Gasteiger partial charge < -0.3 is 14.6 Å². The first-order chi connectivity index (χ1) is 14.9. The van der Waals surface area contributed by atoms with Crippen molar-refractivity contribution in [3.05, 3.63) is 83.2 Å². The minimum absolute atomic E-state index is 0.0798. The molecule has 0 saturated heterocycles. The lowest BCUT2D eigenvalue weighted by Crippen LogP contribution is -2.01. The Balaban J connectivity index is 1.68. The summed E-state index contributed by atoms with van der Waals surface area (Å²) in [6.45, 7) is 3.99. The van der Waals surface area contributed by atoms with Crippen LogP contribution in [0.3, 0.4) is 0 Å². The highest BCUT2D eigenvalue weighted by Crippen LogP contribution is 2.30. The molecule has 0 aromatic heterocycles. The average molecular weight is 430 g/mol. The van der Waals surface area contributed by atoms with Gasteiger partial charge in [0, 0.05) is 5.56 Å². The SMILES string of the molecule is CCCC(O)c1ccc(OCc2ccc(-c3ccc(OCC)c(F)c3F)cc2)c(F)c1. The zero-order valence-corrected chi connectivity index (χ0v) is 17.5. The Morgan fingerprint density at radius 1 is 0.839 bits per heavy atom. The van der Waals surface area contributed by atoms with Crippen molar-refractivity contribution >= 4 is 0 Å². The van der Waals surface area contributed by atoms with E-state index in [1.807, 2.05) is 6.92 Å². The van der Waals surface area contributed by atoms with Crippen LogP contribution in [0.25, 0.3) is 11.1 Å². The molecule has 1 unspecified atom stereocenters. The van der Waals surface area contributed by atoms with Gasteiger partial charge >= 0.3 is 0 Å². The largest absolute Gasteiger partial charge is 0.491 e. The molecule has 3 rings (SSSR count). The molecule has 0 fully saturated rings. The van der Waals surface area contributed by atoms with Crippen molar-refractivity contribution in [3.8, 4) is 22.6 Å². The summed E-state index contributed by atoms with van der Waals surface area (Å²) in [4.78, 5) is 0. The van der Waals surface area contributed by atoms with Crippen LogP contribution in [-0.4, -0.2) is 11.7 Å². The molecule has 1 N–H and O–H groups in total. The molecule has 0 saturated carbocycles. The van der Waals surface area contributed by atoms with E-state index in [2.05, 4.69) is 0 Å². The highest BCUT2D eigenvalue weighted by atomic mass is 19.2. The Bertz CT molecular complexity index is 1020. The molecule has 0 spiro atoms. The van der Waals surface area contributed by atoms with E-state index in [4.69, 9.17) is 9.47 Å². The maximum absolute atomic E-state index is 14.4. The van der Waals surface area contributed by atoms with Gasteiger partial charge in [0.1, 0.15) is 6.61 Å². The van der Waals surface area contributed by atoms with E-state index in [9.17, 15) is 18.3 Å². The van der Waals surface area contributed by atoms with Gasteiger partial charge in [-0.2, -0.15) is 4.39 Å². The van der Waals surface area contributed by atoms with Gasteiger partial charge in [-0.15, -0.1) is 0 Å². The smallest absolute Gasteiger partial charge is 0.201 e. The molecular formula is C25H25F3O3. The van der Waals surface area contributed by atoms with E-state index in [1.54, 1.807) is 37.3 Å². The number of halogens is 3. The summed E-state index contributed by atoms with van der Waals surface area (Å²) in [5.41, 5.74) is 1.88. The highest BCUT2D eigenvalue weighted by Gasteiger charge is 2.16. The second-order valence-electron chi connectivity index (χ2n) is 7.15. The quantitative estimate of drug-likeness (QED) is 0.417. The third-order valence-corrected chi connectivity index (χ3v) is 4.91. The lowest BCUT2D eigenvalue weighted by molar-refractivity contribution is 0.165. The van der Waals surface area contributed by atoms with Crippen LogP contribution in [0.2, 0.25) is 0 Å². The van der Waals surface area contributed by atoms with Crippen molar-refractivity contribution in [2.75, 3.05) is 6.61 Å². The van der Waals surface area contributed by atoms with E-state index in [0.29, 0.717) is 17.5 Å². The number of hydrogen-bond donors (Lipinski definition) is 1. The summed E-state index contributed by atoms with van der Waals surface area (Å²) in [6.07, 6.45) is 0.656. The standard InChI is InChI=1S/C25H25F3O3/c1-3-5-21(29)18-10-12-22(20(26)14-18)31-15-16-6-8-17(9-7-16)19-11-13-23(30-4-2)25(28)24(19)27/h6-14,21,29H,3-5,15H2,1-2H3. The second kappa shape index (κ2) is 10.4. The Hall–Kier alpha value is -2.99. The second-order valence-corrected chi connectivity index (χ2v) is 7.15. The zero-order valence-electron chi connectivity index (χ0n) is 17.5. The molecule has 3 aromatic rings. The highest BCUT2D eigenvalue weighted by molar-refractivity contribution is 5.65. The van der Waals surface area contributed by atoms with Crippen LogP contribution < -0.4 is 9.47 Å². The van der Waals surface area contributed by atoms with Gasteiger partial charge in [-0.1, -0.05) is 43.7 Å². The van der Waals surface area contributed by atoms with Crippen molar-refractivity contribution in [1.82, 2.24) is 0 Å². The monoisotopic (exact) mass is 430 g/mol. The maximum atomic E-state index is 14.4. The van der Waals surface area contributed by atoms with E-state index in [0.717, 1.165) is 12.0 Å². The number of aliphatic hydroxyl groups excluding tert-OH is 1. The summed E-state index contributed by atoms with van der Waals surface area (Å²) >= 11 is 0. The van der Waals surface area contributed by atoms with Crippen LogP contribution in [0.15, 0.2) is 54.6 Å². The molecule has 31 heavy (non-hydrogen) atoms.